The zero-order valence-electron chi connectivity index (χ0n) is 16.2. The quantitative estimate of drug-likeness (QED) is 0.510. The van der Waals surface area contributed by atoms with Gasteiger partial charge in [-0.25, -0.2) is 14.6 Å². The zero-order valence-corrected chi connectivity index (χ0v) is 17.0. The van der Waals surface area contributed by atoms with Crippen molar-refractivity contribution in [3.63, 3.8) is 0 Å². The maximum atomic E-state index is 12.3. The summed E-state index contributed by atoms with van der Waals surface area (Å²) in [7, 11) is 0. The molecule has 0 spiro atoms. The Bertz CT molecular complexity index is 798. The first-order valence-electron chi connectivity index (χ1n) is 9.14. The Morgan fingerprint density at radius 3 is 2.18 bits per heavy atom. The van der Waals surface area contributed by atoms with E-state index in [0.29, 0.717) is 5.69 Å². The highest BCUT2D eigenvalue weighted by Gasteiger charge is 2.31. The fourth-order valence-electron chi connectivity index (χ4n) is 2.45. The largest absolute Gasteiger partial charge is 0.464 e. The van der Waals surface area contributed by atoms with Gasteiger partial charge in [-0.3, -0.25) is 4.79 Å². The summed E-state index contributed by atoms with van der Waals surface area (Å²) >= 11 is 1.43. The number of aromatic nitrogens is 1. The lowest BCUT2D eigenvalue weighted by molar-refractivity contribution is -0.159. The first kappa shape index (κ1) is 21.6. The van der Waals surface area contributed by atoms with Gasteiger partial charge in [-0.05, 0) is 25.8 Å². The van der Waals surface area contributed by atoms with E-state index in [1.807, 2.05) is 24.3 Å². The van der Waals surface area contributed by atoms with Crippen LogP contribution in [0.2, 0.25) is 0 Å². The minimum absolute atomic E-state index is 0.0567. The summed E-state index contributed by atoms with van der Waals surface area (Å²) in [5, 5.41) is 4.96. The molecule has 8 heteroatoms. The van der Waals surface area contributed by atoms with E-state index >= 15 is 0 Å². The topological polar surface area (TPSA) is 94.6 Å². The Labute approximate surface area is 168 Å². The zero-order chi connectivity index (χ0) is 20.5. The standard InChI is InChI=1S/C20H24N2O5S/c1-4-13-7-9-14(10-8-13)18-21-15(12-28-18)11-16(23)22-17(19(24)26-5-2)20(25)27-6-3/h7-10,12,17H,4-6,11H2,1-3H3,(H,22,23). The molecule has 0 unspecified atom stereocenters. The fraction of sp³-hybridized carbons (Fsp3) is 0.400. The third kappa shape index (κ3) is 5.88. The van der Waals surface area contributed by atoms with E-state index in [9.17, 15) is 14.4 Å². The first-order chi connectivity index (χ1) is 13.5. The molecule has 0 fully saturated rings. The van der Waals surface area contributed by atoms with Gasteiger partial charge in [-0.1, -0.05) is 31.2 Å². The summed E-state index contributed by atoms with van der Waals surface area (Å²) in [6, 6.07) is 6.61. The lowest BCUT2D eigenvalue weighted by Gasteiger charge is -2.15. The van der Waals surface area contributed by atoms with Gasteiger partial charge >= 0.3 is 11.9 Å². The number of aryl methyl sites for hydroxylation is 1. The third-order valence-electron chi connectivity index (χ3n) is 3.85. The minimum atomic E-state index is -1.48. The maximum absolute atomic E-state index is 12.3. The fourth-order valence-corrected chi connectivity index (χ4v) is 3.27. The molecule has 2 aromatic rings. The molecule has 1 aromatic carbocycles. The molecule has 0 radical (unpaired) electrons. The number of hydrogen-bond donors (Lipinski definition) is 1. The monoisotopic (exact) mass is 404 g/mol. The summed E-state index contributed by atoms with van der Waals surface area (Å²) in [5.41, 5.74) is 2.78. The van der Waals surface area contributed by atoms with Crippen molar-refractivity contribution in [1.29, 1.82) is 0 Å². The van der Waals surface area contributed by atoms with Crippen LogP contribution < -0.4 is 5.32 Å². The van der Waals surface area contributed by atoms with Crippen LogP contribution in [0, 0.1) is 0 Å². The van der Waals surface area contributed by atoms with Gasteiger partial charge in [-0.2, -0.15) is 0 Å². The van der Waals surface area contributed by atoms with Gasteiger partial charge in [0.1, 0.15) is 5.01 Å². The predicted octanol–water partition coefficient (Wildman–Crippen LogP) is 2.53. The second kappa shape index (κ2) is 10.6. The van der Waals surface area contributed by atoms with Crippen LogP contribution in [0.15, 0.2) is 29.6 Å². The normalized spacial score (nSPS) is 10.6. The Kier molecular flexibility index (Phi) is 8.13. The van der Waals surface area contributed by atoms with Crippen LogP contribution >= 0.6 is 11.3 Å². The highest BCUT2D eigenvalue weighted by atomic mass is 32.1. The van der Waals surface area contributed by atoms with E-state index in [-0.39, 0.29) is 19.6 Å². The smallest absolute Gasteiger partial charge is 0.340 e. The minimum Gasteiger partial charge on any atom is -0.464 e. The lowest BCUT2D eigenvalue weighted by atomic mass is 10.1. The van der Waals surface area contributed by atoms with Gasteiger partial charge in [-0.15, -0.1) is 11.3 Å². The molecular weight excluding hydrogens is 380 g/mol. The highest BCUT2D eigenvalue weighted by Crippen LogP contribution is 2.24. The molecule has 0 aliphatic rings. The molecule has 1 heterocycles. The predicted molar refractivity (Wildman–Crippen MR) is 106 cm³/mol. The molecule has 7 nitrogen and oxygen atoms in total. The second-order valence-corrected chi connectivity index (χ2v) is 6.73. The Morgan fingerprint density at radius 2 is 1.64 bits per heavy atom. The number of nitrogens with one attached hydrogen (secondary N) is 1. The van der Waals surface area contributed by atoms with Crippen LogP contribution in [0.4, 0.5) is 0 Å². The van der Waals surface area contributed by atoms with E-state index < -0.39 is 23.9 Å². The van der Waals surface area contributed by atoms with Gasteiger partial charge in [0.25, 0.3) is 0 Å². The lowest BCUT2D eigenvalue weighted by Crippen LogP contribution is -2.48. The molecule has 0 aliphatic carbocycles. The van der Waals surface area contributed by atoms with Gasteiger partial charge in [0.15, 0.2) is 0 Å². The molecule has 28 heavy (non-hydrogen) atoms. The van der Waals surface area contributed by atoms with Crippen LogP contribution in [-0.4, -0.2) is 42.1 Å². The number of esters is 2. The third-order valence-corrected chi connectivity index (χ3v) is 4.79. The second-order valence-electron chi connectivity index (χ2n) is 5.88. The molecule has 150 valence electrons. The molecule has 1 amide bonds. The van der Waals surface area contributed by atoms with E-state index in [1.165, 1.54) is 16.9 Å². The van der Waals surface area contributed by atoms with Gasteiger partial charge in [0, 0.05) is 10.9 Å². The van der Waals surface area contributed by atoms with E-state index in [2.05, 4.69) is 17.2 Å². The van der Waals surface area contributed by atoms with Gasteiger partial charge < -0.3 is 14.8 Å². The Balaban J connectivity index is 2.03. The Morgan fingerprint density at radius 1 is 1.04 bits per heavy atom. The van der Waals surface area contributed by atoms with Crippen molar-refractivity contribution in [3.8, 4) is 10.6 Å². The van der Waals surface area contributed by atoms with Crippen molar-refractivity contribution in [2.45, 2.75) is 39.7 Å². The number of rotatable bonds is 9. The number of hydrogen-bond acceptors (Lipinski definition) is 7. The number of ether oxygens (including phenoxy) is 2. The molecule has 0 saturated heterocycles. The summed E-state index contributed by atoms with van der Waals surface area (Å²) in [5.74, 6) is -2.20. The average molecular weight is 404 g/mol. The summed E-state index contributed by atoms with van der Waals surface area (Å²) < 4.78 is 9.67. The molecule has 0 atom stereocenters. The number of carbonyl (C=O) groups is 3. The van der Waals surface area contributed by atoms with Crippen molar-refractivity contribution in [2.75, 3.05) is 13.2 Å². The highest BCUT2D eigenvalue weighted by molar-refractivity contribution is 7.13. The number of carbonyl (C=O) groups excluding carboxylic acids is 3. The van der Waals surface area contributed by atoms with E-state index in [4.69, 9.17) is 9.47 Å². The molecule has 0 saturated carbocycles. The summed E-state index contributed by atoms with van der Waals surface area (Å²) in [6.07, 6.45) is 0.907. The molecule has 1 aromatic heterocycles. The van der Waals surface area contributed by atoms with Crippen molar-refractivity contribution >= 4 is 29.2 Å². The van der Waals surface area contributed by atoms with Crippen LogP contribution in [0.1, 0.15) is 32.0 Å². The van der Waals surface area contributed by atoms with Gasteiger partial charge in [0.2, 0.25) is 11.9 Å². The van der Waals surface area contributed by atoms with Crippen molar-refractivity contribution in [3.05, 3.63) is 40.9 Å². The Hall–Kier alpha value is -2.74. The van der Waals surface area contributed by atoms with Crippen LogP contribution in [0.5, 0.6) is 0 Å². The average Bonchev–Trinajstić information content (AvgIpc) is 3.14. The van der Waals surface area contributed by atoms with Crippen molar-refractivity contribution in [1.82, 2.24) is 10.3 Å². The van der Waals surface area contributed by atoms with Crippen LogP contribution in [0.3, 0.4) is 0 Å². The summed E-state index contributed by atoms with van der Waals surface area (Å²) in [6.45, 7) is 5.51. The molecule has 1 N–H and O–H groups in total. The maximum Gasteiger partial charge on any atom is 0.340 e. The van der Waals surface area contributed by atoms with Crippen molar-refractivity contribution < 1.29 is 23.9 Å². The van der Waals surface area contributed by atoms with Crippen LogP contribution in [0.25, 0.3) is 10.6 Å². The first-order valence-corrected chi connectivity index (χ1v) is 10.0. The van der Waals surface area contributed by atoms with E-state index in [0.717, 1.165) is 17.0 Å². The molecule has 2 rings (SSSR count). The number of benzene rings is 1. The number of nitrogens with zero attached hydrogens (tertiary/aromatic N) is 1. The summed E-state index contributed by atoms with van der Waals surface area (Å²) in [4.78, 5) is 40.7. The molecule has 0 aliphatic heterocycles. The van der Waals surface area contributed by atoms with Gasteiger partial charge in [0.05, 0.1) is 25.3 Å². The number of amides is 1. The number of thiazole rings is 1. The van der Waals surface area contributed by atoms with E-state index in [1.54, 1.807) is 19.2 Å². The molecular formula is C20H24N2O5S. The SMILES string of the molecule is CCOC(=O)C(NC(=O)Cc1csc(-c2ccc(CC)cc2)n1)C(=O)OCC. The van der Waals surface area contributed by atoms with Crippen LogP contribution in [-0.2, 0) is 36.7 Å². The van der Waals surface area contributed by atoms with Crippen molar-refractivity contribution in [2.24, 2.45) is 0 Å². The molecule has 0 bridgehead atoms.